The molecule has 0 aliphatic carbocycles. The number of phenols is 2. The van der Waals surface area contributed by atoms with Gasteiger partial charge >= 0.3 is 5.97 Å². The van der Waals surface area contributed by atoms with Crippen LogP contribution in [0.4, 0.5) is 0 Å². The first-order valence-electron chi connectivity index (χ1n) is 17.0. The smallest absolute Gasteiger partial charge is 0.305 e. The number of hydrogen-bond donors (Lipinski definition) is 4. The Labute approximate surface area is 304 Å². The molecular weight excluding hydrogens is 679 g/mol. The molecule has 2 aromatic carbocycles. The molecule has 8 nitrogen and oxygen atoms in total. The Bertz CT molecular complexity index is 1530. The van der Waals surface area contributed by atoms with Crippen LogP contribution >= 0.6 is 23.5 Å². The molecule has 0 fully saturated rings. The van der Waals surface area contributed by atoms with Gasteiger partial charge < -0.3 is 20.3 Å². The predicted octanol–water partition coefficient (Wildman–Crippen LogP) is 9.08. The van der Waals surface area contributed by atoms with E-state index in [2.05, 4.69) is 106 Å². The number of esters is 1. The van der Waals surface area contributed by atoms with Gasteiger partial charge in [0, 0.05) is 45.0 Å². The van der Waals surface area contributed by atoms with E-state index in [0.717, 1.165) is 32.0 Å². The van der Waals surface area contributed by atoms with Gasteiger partial charge in [0.05, 0.1) is 16.4 Å². The van der Waals surface area contributed by atoms with Gasteiger partial charge in [-0.1, -0.05) is 76.2 Å². The first kappa shape index (κ1) is 43.2. The van der Waals surface area contributed by atoms with Crippen LogP contribution in [0.5, 0.6) is 11.5 Å². The standard InChI is InChI=1S/C38H61NO7S3/c1-34(2,3)27-21-25(22-28(32(27)41)35(4,5)6)47-38(12,13)48-26-23-29(36(7,8)9)33(42)30(24-26)37(10,11)16-19-46-31(40)15-14-17-39-18-20-49(43,44)45/h21-24,39,41-42H,14-20H2,1-13H3,(H,43,44,45). The Morgan fingerprint density at radius 2 is 1.12 bits per heavy atom. The van der Waals surface area contributed by atoms with E-state index in [9.17, 15) is 23.4 Å². The van der Waals surface area contributed by atoms with E-state index in [-0.39, 0.29) is 57.4 Å². The zero-order chi connectivity index (χ0) is 37.8. The van der Waals surface area contributed by atoms with E-state index >= 15 is 0 Å². The highest BCUT2D eigenvalue weighted by molar-refractivity contribution is 8.18. The van der Waals surface area contributed by atoms with Crippen molar-refractivity contribution in [2.24, 2.45) is 0 Å². The maximum atomic E-state index is 12.4. The van der Waals surface area contributed by atoms with Gasteiger partial charge in [0.15, 0.2) is 0 Å². The van der Waals surface area contributed by atoms with Gasteiger partial charge in [-0.25, -0.2) is 0 Å². The molecule has 0 aliphatic rings. The molecule has 0 spiro atoms. The van der Waals surface area contributed by atoms with Crippen LogP contribution in [0.2, 0.25) is 0 Å². The summed E-state index contributed by atoms with van der Waals surface area (Å²) in [5, 5.41) is 25.7. The first-order valence-corrected chi connectivity index (χ1v) is 20.2. The summed E-state index contributed by atoms with van der Waals surface area (Å²) in [5.74, 6) is -0.0840. The fourth-order valence-corrected chi connectivity index (χ4v) is 8.45. The molecule has 0 aliphatic heterocycles. The lowest BCUT2D eigenvalue weighted by Gasteiger charge is -2.32. The molecular formula is C38H61NO7S3. The molecule has 49 heavy (non-hydrogen) atoms. The quantitative estimate of drug-likeness (QED) is 0.0461. The van der Waals surface area contributed by atoms with Crippen molar-refractivity contribution in [1.29, 1.82) is 0 Å². The lowest BCUT2D eigenvalue weighted by atomic mass is 9.77. The van der Waals surface area contributed by atoms with Gasteiger partial charge in [0.25, 0.3) is 10.1 Å². The largest absolute Gasteiger partial charge is 0.507 e. The summed E-state index contributed by atoms with van der Waals surface area (Å²) in [6, 6.07) is 8.38. The summed E-state index contributed by atoms with van der Waals surface area (Å²) >= 11 is 3.50. The van der Waals surface area contributed by atoms with E-state index in [1.807, 2.05) is 13.8 Å². The number of carbonyl (C=O) groups is 1. The SMILES string of the molecule is CC(C)(Sc1cc(C(C)(C)C)c(O)c(C(C)(C)C)c1)Sc1cc(C(C)(C)C)c(O)c(C(C)(C)CCOC(=O)CCCNCCS(=O)(=O)O)c1. The summed E-state index contributed by atoms with van der Waals surface area (Å²) in [6.45, 7) is 28.2. The van der Waals surface area contributed by atoms with Gasteiger partial charge in [-0.15, -0.1) is 23.5 Å². The zero-order valence-electron chi connectivity index (χ0n) is 32.0. The third kappa shape index (κ3) is 13.6. The van der Waals surface area contributed by atoms with Crippen molar-refractivity contribution in [3.8, 4) is 11.5 Å². The molecule has 0 unspecified atom stereocenters. The minimum absolute atomic E-state index is 0.114. The predicted molar refractivity (Wildman–Crippen MR) is 205 cm³/mol. The second-order valence-corrected chi connectivity index (χ2v) is 22.3. The molecule has 0 heterocycles. The molecule has 0 saturated carbocycles. The van der Waals surface area contributed by atoms with Crippen molar-refractivity contribution in [2.45, 2.75) is 145 Å². The van der Waals surface area contributed by atoms with Crippen molar-refractivity contribution in [3.63, 3.8) is 0 Å². The second kappa shape index (κ2) is 16.2. The van der Waals surface area contributed by atoms with Crippen molar-refractivity contribution >= 4 is 39.6 Å². The van der Waals surface area contributed by atoms with Crippen molar-refractivity contribution in [2.75, 3.05) is 25.4 Å². The third-order valence-electron chi connectivity index (χ3n) is 8.31. The highest BCUT2D eigenvalue weighted by atomic mass is 32.2. The summed E-state index contributed by atoms with van der Waals surface area (Å²) in [4.78, 5) is 14.5. The molecule has 2 aromatic rings. The zero-order valence-corrected chi connectivity index (χ0v) is 34.4. The fourth-order valence-electron chi connectivity index (χ4n) is 5.46. The first-order chi connectivity index (χ1) is 22.0. The molecule has 0 atom stereocenters. The van der Waals surface area contributed by atoms with Crippen LogP contribution in [0.1, 0.15) is 132 Å². The summed E-state index contributed by atoms with van der Waals surface area (Å²) in [6.07, 6.45) is 1.18. The summed E-state index contributed by atoms with van der Waals surface area (Å²) < 4.78 is 35.7. The average Bonchev–Trinajstić information content (AvgIpc) is 2.89. The molecule has 0 amide bonds. The Hall–Kier alpha value is -1.92. The molecule has 4 N–H and O–H groups in total. The van der Waals surface area contributed by atoms with Crippen molar-refractivity contribution < 1.29 is 32.7 Å². The Balaban J connectivity index is 2.28. The molecule has 278 valence electrons. The summed E-state index contributed by atoms with van der Waals surface area (Å²) in [7, 11) is -4.01. The highest BCUT2D eigenvalue weighted by Crippen LogP contribution is 2.51. The van der Waals surface area contributed by atoms with Gasteiger partial charge in [-0.05, 0) is 79.2 Å². The van der Waals surface area contributed by atoms with Crippen LogP contribution in [0.3, 0.4) is 0 Å². The number of hydrogen-bond acceptors (Lipinski definition) is 9. The monoisotopic (exact) mass is 739 g/mol. The van der Waals surface area contributed by atoms with Crippen LogP contribution in [-0.2, 0) is 41.3 Å². The minimum Gasteiger partial charge on any atom is -0.507 e. The second-order valence-electron chi connectivity index (χ2n) is 17.1. The van der Waals surface area contributed by atoms with E-state index in [1.54, 1.807) is 23.5 Å². The van der Waals surface area contributed by atoms with Gasteiger partial charge in [0.1, 0.15) is 11.5 Å². The molecule has 2 rings (SSSR count). The Morgan fingerprint density at radius 3 is 1.53 bits per heavy atom. The maximum absolute atomic E-state index is 12.4. The highest BCUT2D eigenvalue weighted by Gasteiger charge is 2.33. The molecule has 0 bridgehead atoms. The fraction of sp³-hybridized carbons (Fsp3) is 0.658. The molecule has 0 radical (unpaired) electrons. The van der Waals surface area contributed by atoms with Crippen LogP contribution in [0.15, 0.2) is 34.1 Å². The molecule has 0 aromatic heterocycles. The number of aromatic hydroxyl groups is 2. The number of thioether (sulfide) groups is 2. The van der Waals surface area contributed by atoms with Crippen LogP contribution in [0, 0.1) is 0 Å². The number of phenolic OH excluding ortho intramolecular Hbond substituents is 2. The Kier molecular flexibility index (Phi) is 14.3. The molecule has 0 saturated heterocycles. The summed E-state index contributed by atoms with van der Waals surface area (Å²) in [5.41, 5.74) is 2.25. The maximum Gasteiger partial charge on any atom is 0.305 e. The Morgan fingerprint density at radius 1 is 0.714 bits per heavy atom. The van der Waals surface area contributed by atoms with Crippen LogP contribution < -0.4 is 5.32 Å². The molecule has 11 heteroatoms. The van der Waals surface area contributed by atoms with Crippen LogP contribution in [-0.4, -0.2) is 58.7 Å². The topological polar surface area (TPSA) is 133 Å². The van der Waals surface area contributed by atoms with E-state index in [0.29, 0.717) is 25.1 Å². The van der Waals surface area contributed by atoms with Crippen molar-refractivity contribution in [3.05, 3.63) is 46.5 Å². The number of nitrogens with one attached hydrogen (secondary N) is 1. The van der Waals surface area contributed by atoms with Gasteiger partial charge in [-0.2, -0.15) is 8.42 Å². The van der Waals surface area contributed by atoms with Gasteiger partial charge in [-0.3, -0.25) is 9.35 Å². The average molecular weight is 740 g/mol. The van der Waals surface area contributed by atoms with Crippen LogP contribution in [0.25, 0.3) is 0 Å². The van der Waals surface area contributed by atoms with E-state index in [1.165, 1.54) is 0 Å². The number of benzene rings is 2. The number of rotatable bonds is 15. The minimum atomic E-state index is -4.01. The van der Waals surface area contributed by atoms with E-state index in [4.69, 9.17) is 9.29 Å². The van der Waals surface area contributed by atoms with E-state index < -0.39 is 15.5 Å². The van der Waals surface area contributed by atoms with Crippen molar-refractivity contribution in [1.82, 2.24) is 5.32 Å². The van der Waals surface area contributed by atoms with Gasteiger partial charge in [0.2, 0.25) is 0 Å². The number of ether oxygens (including phenoxy) is 1. The number of carbonyl (C=O) groups excluding carboxylic acids is 1. The lowest BCUT2D eigenvalue weighted by Crippen LogP contribution is -2.25. The third-order valence-corrected chi connectivity index (χ3v) is 11.5. The normalized spacial score (nSPS) is 13.5. The lowest BCUT2D eigenvalue weighted by molar-refractivity contribution is -0.144.